The summed E-state index contributed by atoms with van der Waals surface area (Å²) in [5, 5.41) is 4.58. The number of likely N-dealkylation sites (N-methyl/N-ethyl adjacent to an activating group) is 1. The minimum Gasteiger partial charge on any atom is -0.496 e. The summed E-state index contributed by atoms with van der Waals surface area (Å²) in [6, 6.07) is 5.77. The molecule has 1 N–H and O–H groups in total. The van der Waals surface area contributed by atoms with Crippen molar-refractivity contribution < 1.29 is 4.74 Å². The van der Waals surface area contributed by atoms with Gasteiger partial charge in [0.25, 0.3) is 0 Å². The Labute approximate surface area is 118 Å². The van der Waals surface area contributed by atoms with Crippen molar-refractivity contribution in [2.45, 2.75) is 25.8 Å². The van der Waals surface area contributed by atoms with Crippen LogP contribution >= 0.6 is 23.2 Å². The van der Waals surface area contributed by atoms with Gasteiger partial charge in [-0.3, -0.25) is 0 Å². The highest BCUT2D eigenvalue weighted by molar-refractivity contribution is 6.42. The first-order valence-electron chi connectivity index (χ1n) is 6.23. The van der Waals surface area contributed by atoms with E-state index in [0.29, 0.717) is 10.0 Å². The molecule has 0 saturated carbocycles. The van der Waals surface area contributed by atoms with Gasteiger partial charge in [-0.15, -0.1) is 0 Å². The van der Waals surface area contributed by atoms with E-state index in [1.54, 1.807) is 0 Å². The molecule has 0 aromatic heterocycles. The van der Waals surface area contributed by atoms with Gasteiger partial charge in [0.05, 0.1) is 22.7 Å². The van der Waals surface area contributed by atoms with Crippen LogP contribution in [0.4, 0.5) is 0 Å². The van der Waals surface area contributed by atoms with Crippen molar-refractivity contribution in [3.05, 3.63) is 45.6 Å². The van der Waals surface area contributed by atoms with E-state index in [1.165, 1.54) is 0 Å². The molecule has 1 aliphatic rings. The highest BCUT2D eigenvalue weighted by atomic mass is 35.5. The summed E-state index contributed by atoms with van der Waals surface area (Å²) in [5.41, 5.74) is 1.08. The van der Waals surface area contributed by atoms with Crippen molar-refractivity contribution in [1.82, 2.24) is 5.32 Å². The number of nitrogens with one attached hydrogen (secondary N) is 1. The quantitative estimate of drug-likeness (QED) is 0.889. The predicted octanol–water partition coefficient (Wildman–Crippen LogP) is 4.34. The molecule has 0 bridgehead atoms. The molecule has 1 aromatic rings. The number of benzene rings is 1. The molecule has 4 heteroatoms. The number of rotatable bonds is 4. The van der Waals surface area contributed by atoms with E-state index in [0.717, 1.165) is 37.3 Å². The lowest BCUT2D eigenvalue weighted by Gasteiger charge is -2.25. The first kappa shape index (κ1) is 13.7. The monoisotopic (exact) mass is 285 g/mol. The van der Waals surface area contributed by atoms with Gasteiger partial charge in [-0.25, -0.2) is 0 Å². The van der Waals surface area contributed by atoms with E-state index < -0.39 is 0 Å². The van der Waals surface area contributed by atoms with Crippen LogP contribution in [0.1, 0.15) is 31.4 Å². The Hall–Kier alpha value is -0.700. The fourth-order valence-corrected chi connectivity index (χ4v) is 2.36. The Morgan fingerprint density at radius 3 is 2.78 bits per heavy atom. The van der Waals surface area contributed by atoms with Crippen LogP contribution in [-0.2, 0) is 4.74 Å². The highest BCUT2D eigenvalue weighted by Crippen LogP contribution is 2.30. The van der Waals surface area contributed by atoms with Gasteiger partial charge in [-0.2, -0.15) is 0 Å². The van der Waals surface area contributed by atoms with Crippen LogP contribution in [0.5, 0.6) is 0 Å². The van der Waals surface area contributed by atoms with Gasteiger partial charge in [0.15, 0.2) is 0 Å². The molecule has 1 atom stereocenters. The molecule has 2 nitrogen and oxygen atoms in total. The third-order valence-electron chi connectivity index (χ3n) is 2.93. The molecule has 0 fully saturated rings. The summed E-state index contributed by atoms with van der Waals surface area (Å²) in [5.74, 6) is 0.987. The maximum atomic E-state index is 6.08. The minimum atomic E-state index is 0.0602. The van der Waals surface area contributed by atoms with Crippen LogP contribution in [0, 0.1) is 0 Å². The zero-order valence-corrected chi connectivity index (χ0v) is 11.9. The fourth-order valence-electron chi connectivity index (χ4n) is 2.06. The molecular weight excluding hydrogens is 269 g/mol. The molecule has 1 unspecified atom stereocenters. The number of hydrogen-bond donors (Lipinski definition) is 1. The molecular formula is C14H17Cl2NO. The van der Waals surface area contributed by atoms with Gasteiger partial charge in [0, 0.05) is 0 Å². The number of ether oxygens (including phenoxy) is 1. The summed E-state index contributed by atoms with van der Waals surface area (Å²) >= 11 is 12.0. The van der Waals surface area contributed by atoms with Gasteiger partial charge in [-0.1, -0.05) is 36.2 Å². The van der Waals surface area contributed by atoms with Crippen LogP contribution < -0.4 is 5.32 Å². The van der Waals surface area contributed by atoms with Crippen LogP contribution in [0.15, 0.2) is 30.0 Å². The highest BCUT2D eigenvalue weighted by Gasteiger charge is 2.19. The topological polar surface area (TPSA) is 21.3 Å². The third-order valence-corrected chi connectivity index (χ3v) is 3.67. The molecule has 98 valence electrons. The third kappa shape index (κ3) is 3.19. The van der Waals surface area contributed by atoms with Crippen LogP contribution in [0.3, 0.4) is 0 Å². The first-order chi connectivity index (χ1) is 8.72. The van der Waals surface area contributed by atoms with E-state index in [2.05, 4.69) is 18.3 Å². The second-order valence-electron chi connectivity index (χ2n) is 4.26. The number of halogens is 2. The Balaban J connectivity index is 2.28. The van der Waals surface area contributed by atoms with Crippen molar-refractivity contribution in [1.29, 1.82) is 0 Å². The van der Waals surface area contributed by atoms with E-state index in [9.17, 15) is 0 Å². The standard InChI is InChI=1S/C14H17Cl2NO/c1-2-17-14(13-5-3-4-8-18-13)10-6-7-11(15)12(16)9-10/h5-7,9,14,17H,2-4,8H2,1H3. The maximum absolute atomic E-state index is 6.08. The summed E-state index contributed by atoms with van der Waals surface area (Å²) in [4.78, 5) is 0. The van der Waals surface area contributed by atoms with Crippen LogP contribution in [-0.4, -0.2) is 13.2 Å². The fraction of sp³-hybridized carbons (Fsp3) is 0.429. The Bertz CT molecular complexity index is 445. The number of hydrogen-bond acceptors (Lipinski definition) is 2. The molecule has 0 amide bonds. The Morgan fingerprint density at radius 2 is 2.17 bits per heavy atom. The van der Waals surface area contributed by atoms with E-state index in [1.807, 2.05) is 18.2 Å². The molecule has 2 rings (SSSR count). The van der Waals surface area contributed by atoms with Gasteiger partial charge in [-0.05, 0) is 43.2 Å². The summed E-state index contributed by atoms with van der Waals surface area (Å²) in [7, 11) is 0. The maximum Gasteiger partial charge on any atom is 0.113 e. The minimum absolute atomic E-state index is 0.0602. The molecule has 1 aliphatic heterocycles. The average molecular weight is 286 g/mol. The van der Waals surface area contributed by atoms with Gasteiger partial charge in [0.2, 0.25) is 0 Å². The lowest BCUT2D eigenvalue weighted by atomic mass is 10.0. The van der Waals surface area contributed by atoms with Crippen molar-refractivity contribution >= 4 is 23.2 Å². The molecule has 0 saturated heterocycles. The van der Waals surface area contributed by atoms with Crippen LogP contribution in [0.25, 0.3) is 0 Å². The number of allylic oxidation sites excluding steroid dienone is 1. The smallest absolute Gasteiger partial charge is 0.113 e. The molecule has 1 aromatic carbocycles. The van der Waals surface area contributed by atoms with E-state index >= 15 is 0 Å². The van der Waals surface area contributed by atoms with Crippen LogP contribution in [0.2, 0.25) is 10.0 Å². The second kappa shape index (κ2) is 6.46. The molecule has 0 spiro atoms. The Kier molecular flexibility index (Phi) is 4.93. The van der Waals surface area contributed by atoms with Crippen molar-refractivity contribution in [3.63, 3.8) is 0 Å². The van der Waals surface area contributed by atoms with Gasteiger partial charge in [0.1, 0.15) is 5.76 Å². The van der Waals surface area contributed by atoms with Crippen molar-refractivity contribution in [2.24, 2.45) is 0 Å². The summed E-state index contributed by atoms with van der Waals surface area (Å²) in [6.45, 7) is 3.73. The summed E-state index contributed by atoms with van der Waals surface area (Å²) in [6.07, 6.45) is 4.31. The predicted molar refractivity (Wildman–Crippen MR) is 76.1 cm³/mol. The Morgan fingerprint density at radius 1 is 1.33 bits per heavy atom. The van der Waals surface area contributed by atoms with E-state index in [-0.39, 0.29) is 6.04 Å². The average Bonchev–Trinajstić information content (AvgIpc) is 2.40. The normalized spacial score (nSPS) is 16.9. The second-order valence-corrected chi connectivity index (χ2v) is 5.08. The van der Waals surface area contributed by atoms with Crippen molar-refractivity contribution in [2.75, 3.05) is 13.2 Å². The van der Waals surface area contributed by atoms with Gasteiger partial charge < -0.3 is 10.1 Å². The molecule has 1 heterocycles. The SMILES string of the molecule is CCNC(C1=CCCCO1)c1ccc(Cl)c(Cl)c1. The molecule has 0 aliphatic carbocycles. The summed E-state index contributed by atoms with van der Waals surface area (Å²) < 4.78 is 5.74. The zero-order valence-electron chi connectivity index (χ0n) is 10.4. The van der Waals surface area contributed by atoms with Gasteiger partial charge >= 0.3 is 0 Å². The van der Waals surface area contributed by atoms with E-state index in [4.69, 9.17) is 27.9 Å². The molecule has 18 heavy (non-hydrogen) atoms. The largest absolute Gasteiger partial charge is 0.496 e. The zero-order chi connectivity index (χ0) is 13.0. The van der Waals surface area contributed by atoms with Crippen molar-refractivity contribution in [3.8, 4) is 0 Å². The molecule has 0 radical (unpaired) electrons. The first-order valence-corrected chi connectivity index (χ1v) is 6.99. The lowest BCUT2D eigenvalue weighted by Crippen LogP contribution is -2.25. The lowest BCUT2D eigenvalue weighted by molar-refractivity contribution is 0.168.